The lowest BCUT2D eigenvalue weighted by molar-refractivity contribution is 0.0984. The molecule has 0 aliphatic heterocycles. The van der Waals surface area contributed by atoms with E-state index in [0.717, 1.165) is 4.70 Å². The van der Waals surface area contributed by atoms with E-state index < -0.39 is 0 Å². The molecular formula is C20H23Cl2N3O3S. The average molecular weight is 456 g/mol. The van der Waals surface area contributed by atoms with Crippen LogP contribution in [0, 0.1) is 0 Å². The molecule has 0 aliphatic rings. The van der Waals surface area contributed by atoms with Crippen LogP contribution < -0.4 is 14.4 Å². The monoisotopic (exact) mass is 455 g/mol. The number of hydrogen-bond donors (Lipinski definition) is 0. The van der Waals surface area contributed by atoms with Crippen molar-refractivity contribution in [3.63, 3.8) is 0 Å². The Morgan fingerprint density at radius 1 is 1.10 bits per heavy atom. The number of likely N-dealkylation sites (N-methyl/N-ethyl adjacent to an activating group) is 1. The summed E-state index contributed by atoms with van der Waals surface area (Å²) in [7, 11) is 7.05. The Kier molecular flexibility index (Phi) is 8.10. The molecule has 156 valence electrons. The lowest BCUT2D eigenvalue weighted by atomic mass is 10.1. The van der Waals surface area contributed by atoms with Gasteiger partial charge in [0.1, 0.15) is 17.0 Å². The van der Waals surface area contributed by atoms with Gasteiger partial charge < -0.3 is 14.4 Å². The van der Waals surface area contributed by atoms with Gasteiger partial charge in [-0.2, -0.15) is 0 Å². The highest BCUT2D eigenvalue weighted by Crippen LogP contribution is 2.34. The molecule has 3 aromatic rings. The van der Waals surface area contributed by atoms with E-state index in [4.69, 9.17) is 21.1 Å². The number of aromatic nitrogens is 1. The van der Waals surface area contributed by atoms with Crippen LogP contribution in [0.4, 0.5) is 5.13 Å². The van der Waals surface area contributed by atoms with E-state index >= 15 is 0 Å². The molecule has 0 saturated carbocycles. The van der Waals surface area contributed by atoms with Crippen LogP contribution in [0.3, 0.4) is 0 Å². The molecule has 0 spiro atoms. The van der Waals surface area contributed by atoms with Crippen molar-refractivity contribution in [1.82, 2.24) is 9.88 Å². The van der Waals surface area contributed by atoms with Crippen molar-refractivity contribution >= 4 is 56.6 Å². The van der Waals surface area contributed by atoms with Crippen LogP contribution in [-0.4, -0.2) is 57.2 Å². The average Bonchev–Trinajstić information content (AvgIpc) is 3.12. The summed E-state index contributed by atoms with van der Waals surface area (Å²) in [6.45, 7) is 1.18. The molecule has 0 unspecified atom stereocenters. The highest BCUT2D eigenvalue weighted by Gasteiger charge is 2.23. The SMILES string of the molecule is COc1cc(OC)cc(C(=O)N(CCN(C)C)c2nc3c(Cl)cccc3s2)c1.Cl. The number of hydrogen-bond acceptors (Lipinski definition) is 6. The first-order chi connectivity index (χ1) is 13.4. The van der Waals surface area contributed by atoms with Crippen molar-refractivity contribution in [3.05, 3.63) is 47.0 Å². The van der Waals surface area contributed by atoms with E-state index in [1.807, 2.05) is 31.1 Å². The van der Waals surface area contributed by atoms with Crippen LogP contribution in [0.2, 0.25) is 5.02 Å². The number of rotatable bonds is 7. The number of benzene rings is 2. The Labute approximate surface area is 185 Å². The standard InChI is InChI=1S/C20H22ClN3O3S.ClH/c1-23(2)8-9-24(20-22-18-16(21)6-5-7-17(18)28-20)19(25)13-10-14(26-3)12-15(11-13)27-4;/h5-7,10-12H,8-9H2,1-4H3;1H. The number of halogens is 2. The largest absolute Gasteiger partial charge is 0.497 e. The minimum absolute atomic E-state index is 0. The Morgan fingerprint density at radius 3 is 2.31 bits per heavy atom. The number of nitrogens with zero attached hydrogens (tertiary/aromatic N) is 3. The third kappa shape index (κ3) is 5.30. The van der Waals surface area contributed by atoms with Crippen LogP contribution in [0.15, 0.2) is 36.4 Å². The molecule has 0 saturated heterocycles. The van der Waals surface area contributed by atoms with Gasteiger partial charge in [-0.3, -0.25) is 9.69 Å². The first-order valence-corrected chi connectivity index (χ1v) is 9.87. The van der Waals surface area contributed by atoms with E-state index in [0.29, 0.717) is 45.8 Å². The molecular weight excluding hydrogens is 433 g/mol. The van der Waals surface area contributed by atoms with Gasteiger partial charge in [-0.15, -0.1) is 12.4 Å². The Morgan fingerprint density at radius 2 is 1.76 bits per heavy atom. The molecule has 6 nitrogen and oxygen atoms in total. The summed E-state index contributed by atoms with van der Waals surface area (Å²) in [6.07, 6.45) is 0. The van der Waals surface area contributed by atoms with Gasteiger partial charge in [0.15, 0.2) is 5.13 Å². The molecule has 0 radical (unpaired) electrons. The number of thiazole rings is 1. The quantitative estimate of drug-likeness (QED) is 0.520. The maximum absolute atomic E-state index is 13.4. The molecule has 3 rings (SSSR count). The zero-order chi connectivity index (χ0) is 20.3. The number of amides is 1. The Balaban J connectivity index is 0.00000300. The van der Waals surface area contributed by atoms with E-state index in [1.54, 1.807) is 43.4 Å². The van der Waals surface area contributed by atoms with Crippen molar-refractivity contribution < 1.29 is 14.3 Å². The maximum atomic E-state index is 13.4. The smallest absolute Gasteiger partial charge is 0.260 e. The molecule has 0 aliphatic carbocycles. The number of fused-ring (bicyclic) bond motifs is 1. The fraction of sp³-hybridized carbons (Fsp3) is 0.300. The second-order valence-electron chi connectivity index (χ2n) is 6.44. The predicted molar refractivity (Wildman–Crippen MR) is 122 cm³/mol. The van der Waals surface area contributed by atoms with E-state index in [1.165, 1.54) is 11.3 Å². The second-order valence-corrected chi connectivity index (χ2v) is 7.86. The van der Waals surface area contributed by atoms with Crippen LogP contribution in [0.5, 0.6) is 11.5 Å². The lowest BCUT2D eigenvalue weighted by Crippen LogP contribution is -2.36. The molecule has 1 heterocycles. The zero-order valence-corrected chi connectivity index (χ0v) is 19.0. The maximum Gasteiger partial charge on any atom is 0.260 e. The van der Waals surface area contributed by atoms with Crippen LogP contribution in [0.25, 0.3) is 10.2 Å². The highest BCUT2D eigenvalue weighted by atomic mass is 35.5. The summed E-state index contributed by atoms with van der Waals surface area (Å²) in [5.41, 5.74) is 1.18. The number of para-hydroxylation sites is 1. The molecule has 2 aromatic carbocycles. The van der Waals surface area contributed by atoms with Crippen LogP contribution in [0.1, 0.15) is 10.4 Å². The normalized spacial score (nSPS) is 10.7. The third-order valence-corrected chi connectivity index (χ3v) is 5.55. The Hall–Kier alpha value is -2.06. The first-order valence-electron chi connectivity index (χ1n) is 8.67. The first kappa shape index (κ1) is 23.2. The molecule has 0 N–H and O–H groups in total. The summed E-state index contributed by atoms with van der Waals surface area (Å²) in [5, 5.41) is 1.18. The summed E-state index contributed by atoms with van der Waals surface area (Å²) < 4.78 is 11.5. The van der Waals surface area contributed by atoms with E-state index in [9.17, 15) is 4.79 Å². The van der Waals surface area contributed by atoms with Gasteiger partial charge in [0.2, 0.25) is 0 Å². The van der Waals surface area contributed by atoms with Gasteiger partial charge in [-0.1, -0.05) is 29.0 Å². The fourth-order valence-corrected chi connectivity index (χ4v) is 3.98. The minimum atomic E-state index is -0.172. The van der Waals surface area contributed by atoms with Gasteiger partial charge in [-0.25, -0.2) is 4.98 Å². The van der Waals surface area contributed by atoms with Crippen LogP contribution >= 0.6 is 35.3 Å². The van der Waals surface area contributed by atoms with Crippen molar-refractivity contribution in [3.8, 4) is 11.5 Å². The van der Waals surface area contributed by atoms with Gasteiger partial charge in [0, 0.05) is 24.7 Å². The Bertz CT molecular complexity index is 972. The second kappa shape index (κ2) is 10.1. The molecule has 9 heteroatoms. The van der Waals surface area contributed by atoms with Gasteiger partial charge in [-0.05, 0) is 38.4 Å². The highest BCUT2D eigenvalue weighted by molar-refractivity contribution is 7.22. The zero-order valence-electron chi connectivity index (χ0n) is 16.6. The summed E-state index contributed by atoms with van der Waals surface area (Å²) in [6, 6.07) is 10.8. The van der Waals surface area contributed by atoms with E-state index in [-0.39, 0.29) is 18.3 Å². The van der Waals surface area contributed by atoms with E-state index in [2.05, 4.69) is 4.98 Å². The number of carbonyl (C=O) groups is 1. The molecule has 0 fully saturated rings. The fourth-order valence-electron chi connectivity index (χ4n) is 2.69. The van der Waals surface area contributed by atoms with Gasteiger partial charge >= 0.3 is 0 Å². The van der Waals surface area contributed by atoms with Crippen molar-refractivity contribution in [1.29, 1.82) is 0 Å². The van der Waals surface area contributed by atoms with Crippen LogP contribution in [-0.2, 0) is 0 Å². The topological polar surface area (TPSA) is 54.9 Å². The predicted octanol–water partition coefficient (Wildman–Crippen LogP) is 4.60. The van der Waals surface area contributed by atoms with Crippen molar-refractivity contribution in [2.75, 3.05) is 46.3 Å². The molecule has 1 amide bonds. The molecule has 0 atom stereocenters. The van der Waals surface area contributed by atoms with Gasteiger partial charge in [0.05, 0.1) is 23.9 Å². The number of carbonyl (C=O) groups excluding carboxylic acids is 1. The lowest BCUT2D eigenvalue weighted by Gasteiger charge is -2.22. The summed E-state index contributed by atoms with van der Waals surface area (Å²) >= 11 is 7.72. The number of anilines is 1. The molecule has 29 heavy (non-hydrogen) atoms. The van der Waals surface area contributed by atoms with Gasteiger partial charge in [0.25, 0.3) is 5.91 Å². The molecule has 1 aromatic heterocycles. The molecule has 0 bridgehead atoms. The number of ether oxygens (including phenoxy) is 2. The minimum Gasteiger partial charge on any atom is -0.497 e. The number of methoxy groups -OCH3 is 2. The summed E-state index contributed by atoms with van der Waals surface area (Å²) in [5.74, 6) is 0.944. The summed E-state index contributed by atoms with van der Waals surface area (Å²) in [4.78, 5) is 21.7. The van der Waals surface area contributed by atoms with Crippen molar-refractivity contribution in [2.24, 2.45) is 0 Å². The third-order valence-electron chi connectivity index (χ3n) is 4.20. The van der Waals surface area contributed by atoms with Crippen molar-refractivity contribution in [2.45, 2.75) is 0 Å².